The molecule has 1 rings (SSSR count). The Kier molecular flexibility index (Phi) is 3.62. The van der Waals surface area contributed by atoms with Gasteiger partial charge in [0.05, 0.1) is 0 Å². The zero-order valence-electron chi connectivity index (χ0n) is 8.45. The lowest BCUT2D eigenvalue weighted by atomic mass is 10.1. The molecule has 3 N–H and O–H groups in total. The first-order valence-electron chi connectivity index (χ1n) is 4.41. The van der Waals surface area contributed by atoms with Crippen molar-refractivity contribution in [3.05, 3.63) is 35.4 Å². The summed E-state index contributed by atoms with van der Waals surface area (Å²) in [5.74, 6) is -0.120. The van der Waals surface area contributed by atoms with Gasteiger partial charge in [0.2, 0.25) is 0 Å². The third kappa shape index (κ3) is 2.83. The molecule has 0 unspecified atom stereocenters. The molecule has 0 aromatic heterocycles. The van der Waals surface area contributed by atoms with Gasteiger partial charge in [0.25, 0.3) is 5.91 Å². The minimum absolute atomic E-state index is 0.120. The largest absolute Gasteiger partial charge is 0.326 e. The van der Waals surface area contributed by atoms with Crippen LogP contribution in [0, 0.1) is 0 Å². The van der Waals surface area contributed by atoms with Crippen LogP contribution in [0.1, 0.15) is 15.9 Å². The molecule has 0 bridgehead atoms. The van der Waals surface area contributed by atoms with Crippen molar-refractivity contribution >= 4 is 5.91 Å². The van der Waals surface area contributed by atoms with E-state index < -0.39 is 0 Å². The molecule has 4 nitrogen and oxygen atoms in total. The van der Waals surface area contributed by atoms with Crippen LogP contribution in [0.5, 0.6) is 0 Å². The standard InChI is InChI=1S/C10H15N3O/c1-13(2)12-10(14)9-5-3-4-8(6-9)7-11/h3-6H,7,11H2,1-2H3,(H,12,14). The number of hydrogen-bond donors (Lipinski definition) is 2. The number of carbonyl (C=O) groups is 1. The van der Waals surface area contributed by atoms with Crippen LogP contribution in [0.3, 0.4) is 0 Å². The molecule has 0 fully saturated rings. The number of carbonyl (C=O) groups excluding carboxylic acids is 1. The quantitative estimate of drug-likeness (QED) is 0.681. The van der Waals surface area contributed by atoms with Gasteiger partial charge in [0.15, 0.2) is 0 Å². The average molecular weight is 193 g/mol. The summed E-state index contributed by atoms with van der Waals surface area (Å²) in [6.45, 7) is 0.448. The van der Waals surface area contributed by atoms with Gasteiger partial charge in [-0.3, -0.25) is 10.2 Å². The van der Waals surface area contributed by atoms with Gasteiger partial charge >= 0.3 is 0 Å². The third-order valence-corrected chi connectivity index (χ3v) is 1.75. The molecule has 1 amide bonds. The lowest BCUT2D eigenvalue weighted by Gasteiger charge is -2.11. The van der Waals surface area contributed by atoms with Crippen LogP contribution < -0.4 is 11.2 Å². The Morgan fingerprint density at radius 1 is 1.50 bits per heavy atom. The van der Waals surface area contributed by atoms with Crippen LogP contribution in [-0.4, -0.2) is 25.0 Å². The molecule has 1 aromatic rings. The van der Waals surface area contributed by atoms with Gasteiger partial charge in [0, 0.05) is 26.2 Å². The molecule has 0 saturated carbocycles. The molecular weight excluding hydrogens is 178 g/mol. The Labute approximate surface area is 83.7 Å². The fraction of sp³-hybridized carbons (Fsp3) is 0.300. The maximum Gasteiger partial charge on any atom is 0.265 e. The van der Waals surface area contributed by atoms with Gasteiger partial charge in [-0.2, -0.15) is 0 Å². The van der Waals surface area contributed by atoms with E-state index in [4.69, 9.17) is 5.73 Å². The van der Waals surface area contributed by atoms with E-state index >= 15 is 0 Å². The van der Waals surface area contributed by atoms with Crippen molar-refractivity contribution in [1.29, 1.82) is 0 Å². The van der Waals surface area contributed by atoms with Crippen LogP contribution in [0.25, 0.3) is 0 Å². The maximum absolute atomic E-state index is 11.5. The number of rotatable bonds is 3. The van der Waals surface area contributed by atoms with Crippen molar-refractivity contribution in [2.45, 2.75) is 6.54 Å². The van der Waals surface area contributed by atoms with E-state index in [1.54, 1.807) is 31.2 Å². The number of nitrogens with one attached hydrogen (secondary N) is 1. The van der Waals surface area contributed by atoms with Gasteiger partial charge in [-0.1, -0.05) is 12.1 Å². The zero-order chi connectivity index (χ0) is 10.6. The Morgan fingerprint density at radius 3 is 2.79 bits per heavy atom. The van der Waals surface area contributed by atoms with E-state index in [-0.39, 0.29) is 5.91 Å². The second-order valence-electron chi connectivity index (χ2n) is 3.24. The summed E-state index contributed by atoms with van der Waals surface area (Å²) in [7, 11) is 3.54. The summed E-state index contributed by atoms with van der Waals surface area (Å²) < 4.78 is 0. The van der Waals surface area contributed by atoms with Gasteiger partial charge in [-0.15, -0.1) is 0 Å². The SMILES string of the molecule is CN(C)NC(=O)c1cccc(CN)c1. The highest BCUT2D eigenvalue weighted by atomic mass is 16.2. The first-order chi connectivity index (χ1) is 6.63. The number of nitrogens with two attached hydrogens (primary N) is 1. The molecule has 76 valence electrons. The molecular formula is C10H15N3O. The maximum atomic E-state index is 11.5. The molecule has 0 atom stereocenters. The average Bonchev–Trinajstić information content (AvgIpc) is 2.17. The monoisotopic (exact) mass is 193 g/mol. The van der Waals surface area contributed by atoms with E-state index in [2.05, 4.69) is 5.43 Å². The van der Waals surface area contributed by atoms with Crippen LogP contribution in [0.4, 0.5) is 0 Å². The van der Waals surface area contributed by atoms with E-state index in [0.29, 0.717) is 12.1 Å². The van der Waals surface area contributed by atoms with Crippen LogP contribution in [-0.2, 0) is 6.54 Å². The summed E-state index contributed by atoms with van der Waals surface area (Å²) in [6, 6.07) is 7.27. The Bertz CT molecular complexity index is 323. The molecule has 0 aliphatic carbocycles. The molecule has 0 aliphatic heterocycles. The minimum atomic E-state index is -0.120. The third-order valence-electron chi connectivity index (χ3n) is 1.75. The molecule has 0 aliphatic rings. The van der Waals surface area contributed by atoms with Gasteiger partial charge in [0.1, 0.15) is 0 Å². The summed E-state index contributed by atoms with van der Waals surface area (Å²) >= 11 is 0. The van der Waals surface area contributed by atoms with Gasteiger partial charge in [-0.25, -0.2) is 5.01 Å². The normalized spacial score (nSPS) is 10.3. The van der Waals surface area contributed by atoms with Crippen LogP contribution >= 0.6 is 0 Å². The fourth-order valence-electron chi connectivity index (χ4n) is 1.11. The molecule has 1 aromatic carbocycles. The molecule has 4 heteroatoms. The topological polar surface area (TPSA) is 58.4 Å². The zero-order valence-corrected chi connectivity index (χ0v) is 8.45. The van der Waals surface area contributed by atoms with Crippen molar-refractivity contribution in [1.82, 2.24) is 10.4 Å². The second kappa shape index (κ2) is 4.74. The Hall–Kier alpha value is -1.39. The number of nitrogens with zero attached hydrogens (tertiary/aromatic N) is 1. The summed E-state index contributed by atoms with van der Waals surface area (Å²) in [5, 5.41) is 1.61. The first-order valence-corrected chi connectivity index (χ1v) is 4.41. The summed E-state index contributed by atoms with van der Waals surface area (Å²) in [6.07, 6.45) is 0. The van der Waals surface area contributed by atoms with Gasteiger partial charge in [-0.05, 0) is 17.7 Å². The Balaban J connectivity index is 2.79. The van der Waals surface area contributed by atoms with Crippen molar-refractivity contribution in [2.75, 3.05) is 14.1 Å². The molecule has 0 radical (unpaired) electrons. The lowest BCUT2D eigenvalue weighted by Crippen LogP contribution is -2.36. The van der Waals surface area contributed by atoms with Crippen LogP contribution in [0.15, 0.2) is 24.3 Å². The van der Waals surface area contributed by atoms with E-state index in [1.165, 1.54) is 0 Å². The predicted molar refractivity (Wildman–Crippen MR) is 55.5 cm³/mol. The van der Waals surface area contributed by atoms with E-state index in [9.17, 15) is 4.79 Å². The highest BCUT2D eigenvalue weighted by Crippen LogP contribution is 2.04. The summed E-state index contributed by atoms with van der Waals surface area (Å²) in [4.78, 5) is 11.5. The van der Waals surface area contributed by atoms with Crippen molar-refractivity contribution in [3.63, 3.8) is 0 Å². The van der Waals surface area contributed by atoms with E-state index in [1.807, 2.05) is 12.1 Å². The predicted octanol–water partition coefficient (Wildman–Crippen LogP) is 0.352. The molecule has 0 saturated heterocycles. The van der Waals surface area contributed by atoms with Crippen molar-refractivity contribution < 1.29 is 4.79 Å². The molecule has 0 heterocycles. The minimum Gasteiger partial charge on any atom is -0.326 e. The Morgan fingerprint density at radius 2 is 2.21 bits per heavy atom. The highest BCUT2D eigenvalue weighted by Gasteiger charge is 2.05. The van der Waals surface area contributed by atoms with E-state index in [0.717, 1.165) is 5.56 Å². The lowest BCUT2D eigenvalue weighted by molar-refractivity contribution is 0.0857. The second-order valence-corrected chi connectivity index (χ2v) is 3.24. The van der Waals surface area contributed by atoms with Gasteiger partial charge < -0.3 is 5.73 Å². The molecule has 14 heavy (non-hydrogen) atoms. The summed E-state index contributed by atoms with van der Waals surface area (Å²) in [5.41, 5.74) is 9.72. The number of amides is 1. The highest BCUT2D eigenvalue weighted by molar-refractivity contribution is 5.93. The first kappa shape index (κ1) is 10.7. The number of hydrazine groups is 1. The number of hydrogen-bond acceptors (Lipinski definition) is 3. The number of benzene rings is 1. The van der Waals surface area contributed by atoms with Crippen molar-refractivity contribution in [2.24, 2.45) is 5.73 Å². The molecule has 0 spiro atoms. The van der Waals surface area contributed by atoms with Crippen molar-refractivity contribution in [3.8, 4) is 0 Å². The smallest absolute Gasteiger partial charge is 0.265 e. The fourth-order valence-corrected chi connectivity index (χ4v) is 1.11. The van der Waals surface area contributed by atoms with Crippen LogP contribution in [0.2, 0.25) is 0 Å².